The molecule has 0 aliphatic heterocycles. The van der Waals surface area contributed by atoms with Crippen LogP contribution in [0.3, 0.4) is 0 Å². The molecule has 1 aliphatic carbocycles. The molecule has 0 bridgehead atoms. The van der Waals surface area contributed by atoms with Crippen molar-refractivity contribution in [3.8, 4) is 0 Å². The van der Waals surface area contributed by atoms with Gasteiger partial charge in [0.2, 0.25) is 0 Å². The lowest BCUT2D eigenvalue weighted by molar-refractivity contribution is 0.125. The Morgan fingerprint density at radius 3 is 2.33 bits per heavy atom. The second-order valence-corrected chi connectivity index (χ2v) is 9.53. The maximum atomic E-state index is 3.81. The van der Waals surface area contributed by atoms with Crippen LogP contribution in [0.1, 0.15) is 86.0 Å². The van der Waals surface area contributed by atoms with E-state index in [1.54, 1.807) is 0 Å². The highest BCUT2D eigenvalue weighted by Crippen LogP contribution is 2.43. The zero-order chi connectivity index (χ0) is 15.8. The first-order valence-corrected chi connectivity index (χ1v) is 10.4. The van der Waals surface area contributed by atoms with Crippen molar-refractivity contribution in [3.05, 3.63) is 0 Å². The van der Waals surface area contributed by atoms with Crippen LogP contribution < -0.4 is 5.32 Å². The average Bonchev–Trinajstić information content (AvgIpc) is 2.44. The van der Waals surface area contributed by atoms with Gasteiger partial charge in [0.15, 0.2) is 0 Å². The number of hydrogen-bond donors (Lipinski definition) is 1. The predicted octanol–water partition coefficient (Wildman–Crippen LogP) is 5.88. The molecule has 0 saturated heterocycles. The molecule has 1 rings (SSSR count). The van der Waals surface area contributed by atoms with Crippen molar-refractivity contribution in [1.29, 1.82) is 0 Å². The molecule has 0 aromatic rings. The summed E-state index contributed by atoms with van der Waals surface area (Å²) >= 11 is 2.12. The molecule has 0 aromatic heterocycles. The molecule has 21 heavy (non-hydrogen) atoms. The molecule has 0 unspecified atom stereocenters. The molecule has 0 amide bonds. The van der Waals surface area contributed by atoms with Crippen LogP contribution in [0.2, 0.25) is 0 Å². The Morgan fingerprint density at radius 1 is 1.14 bits per heavy atom. The molecule has 1 fully saturated rings. The number of thioether (sulfide) groups is 1. The van der Waals surface area contributed by atoms with Crippen molar-refractivity contribution in [1.82, 2.24) is 5.32 Å². The number of unbranched alkanes of at least 4 members (excludes halogenated alkanes) is 1. The van der Waals surface area contributed by atoms with Gasteiger partial charge < -0.3 is 5.32 Å². The van der Waals surface area contributed by atoms with E-state index in [4.69, 9.17) is 0 Å². The highest BCUT2D eigenvalue weighted by molar-refractivity contribution is 7.99. The normalized spacial score (nSPS) is 27.0. The Balaban J connectivity index is 2.50. The van der Waals surface area contributed by atoms with Gasteiger partial charge in [-0.2, -0.15) is 11.8 Å². The van der Waals surface area contributed by atoms with E-state index in [0.29, 0.717) is 5.41 Å². The lowest BCUT2D eigenvalue weighted by atomic mass is 9.67. The van der Waals surface area contributed by atoms with Crippen LogP contribution in [0.5, 0.6) is 0 Å². The van der Waals surface area contributed by atoms with E-state index >= 15 is 0 Å². The molecule has 1 saturated carbocycles. The predicted molar refractivity (Wildman–Crippen MR) is 99.3 cm³/mol. The molecule has 0 atom stereocenters. The molecule has 0 radical (unpaired) electrons. The van der Waals surface area contributed by atoms with E-state index in [1.165, 1.54) is 69.4 Å². The van der Waals surface area contributed by atoms with Gasteiger partial charge in [-0.3, -0.25) is 0 Å². The van der Waals surface area contributed by atoms with Crippen LogP contribution in [0, 0.1) is 11.3 Å². The molecular weight excluding hydrogens is 274 g/mol. The van der Waals surface area contributed by atoms with Crippen LogP contribution in [-0.2, 0) is 0 Å². The number of rotatable bonds is 9. The Kier molecular flexibility index (Phi) is 8.71. The average molecular weight is 314 g/mol. The van der Waals surface area contributed by atoms with E-state index in [-0.39, 0.29) is 5.54 Å². The molecule has 0 heterocycles. The van der Waals surface area contributed by atoms with Crippen LogP contribution in [0.25, 0.3) is 0 Å². The first-order valence-electron chi connectivity index (χ1n) is 9.23. The molecule has 0 spiro atoms. The Hall–Kier alpha value is 0.310. The van der Waals surface area contributed by atoms with Crippen LogP contribution in [0.15, 0.2) is 0 Å². The summed E-state index contributed by atoms with van der Waals surface area (Å²) in [5.74, 6) is 3.63. The summed E-state index contributed by atoms with van der Waals surface area (Å²) in [5.41, 5.74) is 0.835. The number of hydrogen-bond acceptors (Lipinski definition) is 2. The minimum atomic E-state index is 0.254. The summed E-state index contributed by atoms with van der Waals surface area (Å²) in [5, 5.41) is 3.81. The first kappa shape index (κ1) is 19.4. The van der Waals surface area contributed by atoms with Crippen LogP contribution in [-0.4, -0.2) is 23.6 Å². The van der Waals surface area contributed by atoms with Gasteiger partial charge in [-0.25, -0.2) is 0 Å². The zero-order valence-electron chi connectivity index (χ0n) is 15.3. The highest BCUT2D eigenvalue weighted by Gasteiger charge is 2.35. The van der Waals surface area contributed by atoms with Gasteiger partial charge in [0, 0.05) is 12.1 Å². The van der Waals surface area contributed by atoms with Crippen molar-refractivity contribution >= 4 is 11.8 Å². The maximum absolute atomic E-state index is 3.81. The van der Waals surface area contributed by atoms with Crippen LogP contribution in [0.4, 0.5) is 0 Å². The molecule has 0 aromatic carbocycles. The summed E-state index contributed by atoms with van der Waals surface area (Å²) in [4.78, 5) is 0. The molecule has 126 valence electrons. The smallest absolute Gasteiger partial charge is 0.00967 e. The number of nitrogens with one attached hydrogen (secondary N) is 1. The summed E-state index contributed by atoms with van der Waals surface area (Å²) in [6.07, 6.45) is 11.5. The van der Waals surface area contributed by atoms with Gasteiger partial charge >= 0.3 is 0 Å². The largest absolute Gasteiger partial charge is 0.312 e. The van der Waals surface area contributed by atoms with Crippen molar-refractivity contribution in [3.63, 3.8) is 0 Å². The summed E-state index contributed by atoms with van der Waals surface area (Å²) < 4.78 is 0. The standard InChI is InChI=1S/C19H39NS/c1-6-8-9-17-10-12-19(13-11-17,14-15-21-7-2)16-20-18(3,4)5/h17,20H,6-16H2,1-5H3. The fourth-order valence-electron chi connectivity index (χ4n) is 3.47. The van der Waals surface area contributed by atoms with E-state index in [2.05, 4.69) is 51.7 Å². The highest BCUT2D eigenvalue weighted by atomic mass is 32.2. The molecule has 1 aliphatic rings. The Labute approximate surface area is 138 Å². The van der Waals surface area contributed by atoms with Crippen LogP contribution >= 0.6 is 11.8 Å². The van der Waals surface area contributed by atoms with Gasteiger partial charge in [-0.15, -0.1) is 0 Å². The van der Waals surface area contributed by atoms with E-state index in [1.807, 2.05) is 0 Å². The maximum Gasteiger partial charge on any atom is 0.00967 e. The second kappa shape index (κ2) is 9.45. The molecule has 1 N–H and O–H groups in total. The van der Waals surface area contributed by atoms with Gasteiger partial charge in [0.25, 0.3) is 0 Å². The second-order valence-electron chi connectivity index (χ2n) is 8.14. The van der Waals surface area contributed by atoms with E-state index in [0.717, 1.165) is 5.92 Å². The lowest BCUT2D eigenvalue weighted by Crippen LogP contribution is -2.45. The molecule has 2 heteroatoms. The van der Waals surface area contributed by atoms with E-state index in [9.17, 15) is 0 Å². The Bertz CT molecular complexity index is 261. The fourth-order valence-corrected chi connectivity index (χ4v) is 4.34. The molecular formula is C19H39NS. The van der Waals surface area contributed by atoms with Gasteiger partial charge in [0.05, 0.1) is 0 Å². The monoisotopic (exact) mass is 313 g/mol. The third kappa shape index (κ3) is 7.93. The first-order chi connectivity index (χ1) is 9.91. The fraction of sp³-hybridized carbons (Fsp3) is 1.00. The third-order valence-corrected chi connectivity index (χ3v) is 6.01. The van der Waals surface area contributed by atoms with Crippen molar-refractivity contribution < 1.29 is 0 Å². The minimum absolute atomic E-state index is 0.254. The summed E-state index contributed by atoms with van der Waals surface area (Å²) in [6.45, 7) is 12.7. The lowest BCUT2D eigenvalue weighted by Gasteiger charge is -2.42. The summed E-state index contributed by atoms with van der Waals surface area (Å²) in [6, 6.07) is 0. The third-order valence-electron chi connectivity index (χ3n) is 5.11. The van der Waals surface area contributed by atoms with E-state index < -0.39 is 0 Å². The Morgan fingerprint density at radius 2 is 1.81 bits per heavy atom. The van der Waals surface area contributed by atoms with Crippen molar-refractivity contribution in [2.24, 2.45) is 11.3 Å². The minimum Gasteiger partial charge on any atom is -0.312 e. The quantitative estimate of drug-likeness (QED) is 0.533. The summed E-state index contributed by atoms with van der Waals surface area (Å²) in [7, 11) is 0. The van der Waals surface area contributed by atoms with Gasteiger partial charge in [0.1, 0.15) is 0 Å². The van der Waals surface area contributed by atoms with Gasteiger partial charge in [-0.05, 0) is 75.7 Å². The van der Waals surface area contributed by atoms with Gasteiger partial charge in [-0.1, -0.05) is 33.1 Å². The molecule has 1 nitrogen and oxygen atoms in total. The zero-order valence-corrected chi connectivity index (χ0v) is 16.1. The topological polar surface area (TPSA) is 12.0 Å². The SMILES string of the molecule is CCCCC1CCC(CCSCC)(CNC(C)(C)C)CC1. The van der Waals surface area contributed by atoms with Crippen molar-refractivity contribution in [2.45, 2.75) is 91.5 Å². The van der Waals surface area contributed by atoms with Crippen molar-refractivity contribution in [2.75, 3.05) is 18.1 Å².